The Balaban J connectivity index is 2.69. The first-order valence-electron chi connectivity index (χ1n) is 7.11. The quantitative estimate of drug-likeness (QED) is 0.828. The summed E-state index contributed by atoms with van der Waals surface area (Å²) < 4.78 is 38.5. The summed E-state index contributed by atoms with van der Waals surface area (Å²) in [7, 11) is 0. The Labute approximate surface area is 127 Å². The van der Waals surface area contributed by atoms with Crippen molar-refractivity contribution in [3.8, 4) is 0 Å². The van der Waals surface area contributed by atoms with Gasteiger partial charge in [-0.15, -0.1) is 0 Å². The molecule has 0 saturated carbocycles. The van der Waals surface area contributed by atoms with Crippen LogP contribution in [-0.4, -0.2) is 30.0 Å². The maximum absolute atomic E-state index is 13.0. The number of halogens is 3. The Morgan fingerprint density at radius 3 is 2.27 bits per heavy atom. The molecule has 7 heteroatoms. The van der Waals surface area contributed by atoms with Crippen LogP contribution in [0.3, 0.4) is 0 Å². The van der Waals surface area contributed by atoms with Gasteiger partial charge in [-0.2, -0.15) is 22.4 Å². The summed E-state index contributed by atoms with van der Waals surface area (Å²) in [6, 6.07) is 2.92. The molecule has 1 aromatic carbocycles. The second-order valence-corrected chi connectivity index (χ2v) is 6.15. The molecule has 22 heavy (non-hydrogen) atoms. The predicted octanol–water partition coefficient (Wildman–Crippen LogP) is 4.29. The van der Waals surface area contributed by atoms with E-state index in [1.165, 1.54) is 6.07 Å². The molecule has 1 unspecified atom stereocenters. The Morgan fingerprint density at radius 2 is 1.86 bits per heavy atom. The summed E-state index contributed by atoms with van der Waals surface area (Å²) in [5.41, 5.74) is -0.00355. The number of amides is 1. The highest BCUT2D eigenvalue weighted by atomic mass is 19.4. The molecule has 1 aromatic rings. The van der Waals surface area contributed by atoms with E-state index in [-0.39, 0.29) is 23.2 Å². The van der Waals surface area contributed by atoms with Gasteiger partial charge < -0.3 is 10.0 Å². The Kier molecular flexibility index (Phi) is 3.89. The van der Waals surface area contributed by atoms with E-state index in [1.807, 2.05) is 13.8 Å². The van der Waals surface area contributed by atoms with Gasteiger partial charge in [0.05, 0.1) is 11.6 Å². The van der Waals surface area contributed by atoms with Gasteiger partial charge >= 0.3 is 12.3 Å². The second kappa shape index (κ2) is 5.15. The second-order valence-electron chi connectivity index (χ2n) is 6.15. The predicted molar refractivity (Wildman–Crippen MR) is 78.9 cm³/mol. The molecule has 2 rings (SSSR count). The molecule has 0 radical (unpaired) electrons. The van der Waals surface area contributed by atoms with Gasteiger partial charge in [-0.1, -0.05) is 0 Å². The average Bonchev–Trinajstić information content (AvgIpc) is 2.73. The lowest BCUT2D eigenvalue weighted by Crippen LogP contribution is -2.60. The summed E-state index contributed by atoms with van der Waals surface area (Å²) in [5.74, 6) is 0. The van der Waals surface area contributed by atoms with Gasteiger partial charge in [-0.25, -0.2) is 0 Å². The third kappa shape index (κ3) is 2.33. The number of fused-ring (bicyclic) bond motifs is 1. The molecular formula is C15H20F3N2O2+. The fraction of sp³-hybridized carbons (Fsp3) is 0.533. The minimum Gasteiger partial charge on any atom is -0.435 e. The van der Waals surface area contributed by atoms with Crippen molar-refractivity contribution in [3.05, 3.63) is 23.8 Å². The Bertz CT molecular complexity index is 599. The van der Waals surface area contributed by atoms with Crippen LogP contribution >= 0.6 is 0 Å². The van der Waals surface area contributed by atoms with Crippen LogP contribution in [0.4, 0.5) is 29.3 Å². The summed E-state index contributed by atoms with van der Waals surface area (Å²) in [5, 5.41) is 9.73. The zero-order valence-electron chi connectivity index (χ0n) is 13.0. The molecule has 0 fully saturated rings. The molecule has 1 amide bonds. The van der Waals surface area contributed by atoms with Gasteiger partial charge in [0.25, 0.3) is 0 Å². The lowest BCUT2D eigenvalue weighted by Gasteiger charge is -2.33. The highest BCUT2D eigenvalue weighted by Gasteiger charge is 2.52. The summed E-state index contributed by atoms with van der Waals surface area (Å²) >= 11 is 0. The first kappa shape index (κ1) is 16.6. The van der Waals surface area contributed by atoms with E-state index in [4.69, 9.17) is 0 Å². The summed E-state index contributed by atoms with van der Waals surface area (Å²) in [4.78, 5) is 13.6. The molecule has 1 heterocycles. The SMILES string of the molecule is CC(C)N1C[N+](C(=O)O)(C(C)C)c2ccc(C(F)(F)F)cc21. The van der Waals surface area contributed by atoms with Crippen molar-refractivity contribution in [1.29, 1.82) is 0 Å². The first-order valence-corrected chi connectivity index (χ1v) is 7.11. The molecule has 1 N–H and O–H groups in total. The molecular weight excluding hydrogens is 297 g/mol. The third-order valence-electron chi connectivity index (χ3n) is 4.26. The zero-order valence-corrected chi connectivity index (χ0v) is 13.0. The van der Waals surface area contributed by atoms with Gasteiger partial charge in [-0.05, 0) is 39.8 Å². The van der Waals surface area contributed by atoms with Crippen molar-refractivity contribution in [2.75, 3.05) is 11.6 Å². The van der Waals surface area contributed by atoms with E-state index in [2.05, 4.69) is 0 Å². The normalized spacial score (nSPS) is 21.6. The molecule has 0 aliphatic carbocycles. The Hall–Kier alpha value is -1.76. The van der Waals surface area contributed by atoms with Gasteiger partial charge in [0.1, 0.15) is 5.69 Å². The monoisotopic (exact) mass is 317 g/mol. The minimum absolute atomic E-state index is 0.0969. The highest BCUT2D eigenvalue weighted by Crippen LogP contribution is 2.46. The molecule has 1 aliphatic heterocycles. The molecule has 4 nitrogen and oxygen atoms in total. The molecule has 122 valence electrons. The molecule has 0 spiro atoms. The van der Waals surface area contributed by atoms with Crippen LogP contribution in [0.2, 0.25) is 0 Å². The number of nitrogens with zero attached hydrogens (tertiary/aromatic N) is 2. The van der Waals surface area contributed by atoms with E-state index in [9.17, 15) is 23.1 Å². The minimum atomic E-state index is -4.45. The van der Waals surface area contributed by atoms with E-state index in [0.29, 0.717) is 11.4 Å². The van der Waals surface area contributed by atoms with Crippen molar-refractivity contribution >= 4 is 17.5 Å². The van der Waals surface area contributed by atoms with Gasteiger partial charge in [0, 0.05) is 12.1 Å². The van der Waals surface area contributed by atoms with Crippen molar-refractivity contribution in [2.24, 2.45) is 0 Å². The van der Waals surface area contributed by atoms with E-state index in [0.717, 1.165) is 12.1 Å². The van der Waals surface area contributed by atoms with Crippen molar-refractivity contribution in [2.45, 2.75) is 46.0 Å². The number of carbonyl (C=O) groups is 1. The van der Waals surface area contributed by atoms with Gasteiger partial charge in [0.2, 0.25) is 0 Å². The number of rotatable bonds is 2. The number of quaternary nitrogens is 1. The summed E-state index contributed by atoms with van der Waals surface area (Å²) in [6.45, 7) is 7.33. The van der Waals surface area contributed by atoms with Crippen molar-refractivity contribution in [1.82, 2.24) is 4.48 Å². The van der Waals surface area contributed by atoms with E-state index >= 15 is 0 Å². The molecule has 1 atom stereocenters. The topological polar surface area (TPSA) is 40.5 Å². The fourth-order valence-corrected chi connectivity index (χ4v) is 2.93. The van der Waals surface area contributed by atoms with Crippen LogP contribution in [0.25, 0.3) is 0 Å². The van der Waals surface area contributed by atoms with Crippen LogP contribution in [0.1, 0.15) is 33.3 Å². The maximum atomic E-state index is 13.0. The average molecular weight is 317 g/mol. The maximum Gasteiger partial charge on any atom is 0.520 e. The first-order chi connectivity index (χ1) is 10.0. The van der Waals surface area contributed by atoms with Crippen LogP contribution in [0, 0.1) is 0 Å². The van der Waals surface area contributed by atoms with Crippen LogP contribution in [0.15, 0.2) is 18.2 Å². The number of carboxylic acid groups (broad SMARTS) is 1. The molecule has 0 aromatic heterocycles. The smallest absolute Gasteiger partial charge is 0.435 e. The Morgan fingerprint density at radius 1 is 1.27 bits per heavy atom. The van der Waals surface area contributed by atoms with Crippen molar-refractivity contribution in [3.63, 3.8) is 0 Å². The third-order valence-corrected chi connectivity index (χ3v) is 4.26. The summed E-state index contributed by atoms with van der Waals surface area (Å²) in [6.07, 6.45) is -5.50. The number of alkyl halides is 3. The molecule has 0 saturated heterocycles. The highest BCUT2D eigenvalue weighted by molar-refractivity contribution is 5.91. The number of benzene rings is 1. The molecule has 0 bridgehead atoms. The van der Waals surface area contributed by atoms with Crippen molar-refractivity contribution < 1.29 is 23.1 Å². The lowest BCUT2D eigenvalue weighted by atomic mass is 10.1. The number of anilines is 1. The van der Waals surface area contributed by atoms with Crippen LogP contribution < -0.4 is 9.38 Å². The number of hydrogen-bond donors (Lipinski definition) is 1. The molecule has 1 aliphatic rings. The fourth-order valence-electron chi connectivity index (χ4n) is 2.93. The zero-order chi connectivity index (χ0) is 16.9. The van der Waals surface area contributed by atoms with Crippen LogP contribution in [0.5, 0.6) is 0 Å². The largest absolute Gasteiger partial charge is 0.520 e. The van der Waals surface area contributed by atoms with Crippen LogP contribution in [-0.2, 0) is 6.18 Å². The standard InChI is InChI=1S/C15H19F3N2O2/c1-9(2)19-8-20(10(3)4,14(21)22)13-6-5-11(7-12(13)19)15(16,17)18/h5-7,9-10H,8H2,1-4H3/p+1. The number of hydrogen-bond acceptors (Lipinski definition) is 2. The lowest BCUT2D eigenvalue weighted by molar-refractivity contribution is -0.137. The van der Waals surface area contributed by atoms with Gasteiger partial charge in [0.15, 0.2) is 12.4 Å². The van der Waals surface area contributed by atoms with E-state index < -0.39 is 17.8 Å². The van der Waals surface area contributed by atoms with E-state index in [1.54, 1.807) is 18.7 Å². The van der Waals surface area contributed by atoms with Gasteiger partial charge in [-0.3, -0.25) is 0 Å².